The maximum absolute atomic E-state index is 5.54. The van der Waals surface area contributed by atoms with Crippen molar-refractivity contribution in [3.05, 3.63) is 240 Å². The van der Waals surface area contributed by atoms with Crippen LogP contribution in [0.2, 0.25) is 0 Å². The molecule has 14 rings (SSSR count). The van der Waals surface area contributed by atoms with Crippen LogP contribution in [0.15, 0.2) is 206 Å². The van der Waals surface area contributed by atoms with Gasteiger partial charge in [0.15, 0.2) is 0 Å². The highest BCUT2D eigenvalue weighted by molar-refractivity contribution is 6.27. The van der Waals surface area contributed by atoms with Gasteiger partial charge >= 0.3 is 0 Å². The zero-order chi connectivity index (χ0) is 41.6. The van der Waals surface area contributed by atoms with Crippen LogP contribution < -0.4 is 0 Å². The lowest BCUT2D eigenvalue weighted by Crippen LogP contribution is -2.26. The summed E-state index contributed by atoms with van der Waals surface area (Å²) < 4.78 is 2.60. The first kappa shape index (κ1) is 34.9. The van der Waals surface area contributed by atoms with Gasteiger partial charge in [-0.3, -0.25) is 0 Å². The highest BCUT2D eigenvalue weighted by Crippen LogP contribution is 2.66. The maximum Gasteiger partial charge on any atom is 0.0746 e. The zero-order valence-electron chi connectivity index (χ0n) is 35.0. The van der Waals surface area contributed by atoms with E-state index < -0.39 is 5.41 Å². The van der Waals surface area contributed by atoms with Crippen molar-refractivity contribution in [2.24, 2.45) is 0 Å². The van der Waals surface area contributed by atoms with Crippen LogP contribution in [0.1, 0.15) is 47.2 Å². The minimum Gasteiger partial charge on any atom is -0.309 e. The molecule has 9 aromatic carbocycles. The number of pyridine rings is 1. The molecule has 0 atom stereocenters. The van der Waals surface area contributed by atoms with Gasteiger partial charge in [0.2, 0.25) is 0 Å². The molecular formula is C61H40N2. The molecule has 2 heteroatoms. The van der Waals surface area contributed by atoms with Crippen molar-refractivity contribution in [3.63, 3.8) is 0 Å². The van der Waals surface area contributed by atoms with Crippen LogP contribution in [-0.4, -0.2) is 9.55 Å². The molecule has 11 aromatic rings. The predicted molar refractivity (Wildman–Crippen MR) is 261 cm³/mol. The molecule has 0 bridgehead atoms. The van der Waals surface area contributed by atoms with E-state index in [0.29, 0.717) is 0 Å². The van der Waals surface area contributed by atoms with E-state index in [0.717, 1.165) is 28.2 Å². The van der Waals surface area contributed by atoms with Gasteiger partial charge in [0.05, 0.1) is 33.5 Å². The molecule has 3 aliphatic rings. The fourth-order valence-electron chi connectivity index (χ4n) is 12.2. The lowest BCUT2D eigenvalue weighted by atomic mass is 9.70. The molecule has 2 nitrogen and oxygen atoms in total. The maximum atomic E-state index is 5.54. The fourth-order valence-corrected chi connectivity index (χ4v) is 12.2. The molecule has 3 aliphatic carbocycles. The molecule has 0 fully saturated rings. The average Bonchev–Trinajstić information content (AvgIpc) is 4.02. The van der Waals surface area contributed by atoms with Crippen molar-refractivity contribution >= 4 is 32.6 Å². The monoisotopic (exact) mass is 800 g/mol. The minimum absolute atomic E-state index is 0.132. The zero-order valence-corrected chi connectivity index (χ0v) is 35.0. The van der Waals surface area contributed by atoms with Crippen molar-refractivity contribution in [3.8, 4) is 61.6 Å². The van der Waals surface area contributed by atoms with Crippen molar-refractivity contribution < 1.29 is 0 Å². The van der Waals surface area contributed by atoms with Gasteiger partial charge in [-0.2, -0.15) is 0 Å². The second-order valence-electron chi connectivity index (χ2n) is 18.2. The predicted octanol–water partition coefficient (Wildman–Crippen LogP) is 15.3. The first-order valence-corrected chi connectivity index (χ1v) is 22.1. The largest absolute Gasteiger partial charge is 0.309 e. The van der Waals surface area contributed by atoms with Crippen molar-refractivity contribution in [1.29, 1.82) is 0 Å². The van der Waals surface area contributed by atoms with E-state index in [-0.39, 0.29) is 5.41 Å². The van der Waals surface area contributed by atoms with Gasteiger partial charge in [0.1, 0.15) is 0 Å². The van der Waals surface area contributed by atoms with E-state index in [1.807, 2.05) is 0 Å². The number of benzene rings is 9. The van der Waals surface area contributed by atoms with Gasteiger partial charge in [-0.15, -0.1) is 0 Å². The Kier molecular flexibility index (Phi) is 6.86. The van der Waals surface area contributed by atoms with Crippen LogP contribution >= 0.6 is 0 Å². The molecule has 294 valence electrons. The fraction of sp³-hybridized carbons (Fsp3) is 0.0656. The number of nitrogens with zero attached hydrogens (tertiary/aromatic N) is 2. The highest BCUT2D eigenvalue weighted by atomic mass is 15.0. The van der Waals surface area contributed by atoms with E-state index in [9.17, 15) is 0 Å². The molecule has 1 spiro atoms. The van der Waals surface area contributed by atoms with E-state index in [2.05, 4.69) is 225 Å². The first-order chi connectivity index (χ1) is 31.0. The molecule has 2 heterocycles. The minimum atomic E-state index is -0.549. The summed E-state index contributed by atoms with van der Waals surface area (Å²) in [7, 11) is 0. The summed E-state index contributed by atoms with van der Waals surface area (Å²) in [4.78, 5) is 5.54. The summed E-state index contributed by atoms with van der Waals surface area (Å²) in [6, 6.07) is 77.0. The summed E-state index contributed by atoms with van der Waals surface area (Å²) in [5, 5.41) is 5.08. The Morgan fingerprint density at radius 2 is 0.905 bits per heavy atom. The SMILES string of the molecule is CC1(C)c2ccccc2-c2ccc(-c3cc(-n4c5ccccc5c5c6ccccc6c6c(c54)C4(c5ccccc5-c5ccccc54)c4ccccc4-6)cc(-c4ccccc4)n3)cc21. The van der Waals surface area contributed by atoms with Crippen LogP contribution in [0.4, 0.5) is 0 Å². The molecule has 0 aliphatic heterocycles. The Morgan fingerprint density at radius 3 is 1.60 bits per heavy atom. The smallest absolute Gasteiger partial charge is 0.0746 e. The third kappa shape index (κ3) is 4.40. The van der Waals surface area contributed by atoms with E-state index in [4.69, 9.17) is 4.98 Å². The summed E-state index contributed by atoms with van der Waals surface area (Å²) in [5.74, 6) is 0. The molecule has 63 heavy (non-hydrogen) atoms. The number of fused-ring (bicyclic) bond motifs is 20. The van der Waals surface area contributed by atoms with Gasteiger partial charge in [-0.1, -0.05) is 196 Å². The average molecular weight is 801 g/mol. The normalized spacial score (nSPS) is 14.4. The summed E-state index contributed by atoms with van der Waals surface area (Å²) >= 11 is 0. The number of hydrogen-bond acceptors (Lipinski definition) is 1. The van der Waals surface area contributed by atoms with Crippen LogP contribution in [0.3, 0.4) is 0 Å². The van der Waals surface area contributed by atoms with E-state index >= 15 is 0 Å². The van der Waals surface area contributed by atoms with Crippen molar-refractivity contribution in [2.45, 2.75) is 24.7 Å². The molecule has 0 amide bonds. The molecular weight excluding hydrogens is 761 g/mol. The Morgan fingerprint density at radius 1 is 0.397 bits per heavy atom. The van der Waals surface area contributed by atoms with Gasteiger partial charge in [-0.05, 0) is 96.2 Å². The molecule has 0 radical (unpaired) electrons. The number of hydrogen-bond donors (Lipinski definition) is 0. The third-order valence-corrected chi connectivity index (χ3v) is 14.8. The first-order valence-electron chi connectivity index (χ1n) is 22.1. The summed E-state index contributed by atoms with van der Waals surface area (Å²) in [6.45, 7) is 4.72. The molecule has 0 unspecified atom stereocenters. The third-order valence-electron chi connectivity index (χ3n) is 14.8. The quantitative estimate of drug-likeness (QED) is 0.174. The molecule has 0 saturated carbocycles. The van der Waals surface area contributed by atoms with Crippen LogP contribution in [-0.2, 0) is 10.8 Å². The van der Waals surface area contributed by atoms with E-state index in [1.54, 1.807) is 0 Å². The Labute approximate surface area is 366 Å². The lowest BCUT2D eigenvalue weighted by molar-refractivity contribution is 0.660. The summed E-state index contributed by atoms with van der Waals surface area (Å²) in [5.41, 5.74) is 22.9. The van der Waals surface area contributed by atoms with Crippen LogP contribution in [0.5, 0.6) is 0 Å². The standard InChI is InChI=1S/C61H40N2/c1-60(2)48-27-13-8-20-40(48)43-33-32-38(34-52(43)60)54-36-39(35-53(62-54)37-18-4-3-5-19-37)63-55-31-17-12-26-47(55)57-45-24-7-6-23-44(45)56-46-25-11-16-30-51(46)61(58(56)59(57)63)49-28-14-9-21-41(49)42-22-10-15-29-50(42)61/h3-36H,1-2H3. The Balaban J connectivity index is 1.15. The molecule has 0 N–H and O–H groups in total. The molecule has 2 aromatic heterocycles. The number of aromatic nitrogens is 2. The Bertz CT molecular complexity index is 3730. The molecule has 0 saturated heterocycles. The summed E-state index contributed by atoms with van der Waals surface area (Å²) in [6.07, 6.45) is 0. The van der Waals surface area contributed by atoms with Crippen LogP contribution in [0, 0.1) is 0 Å². The van der Waals surface area contributed by atoms with Gasteiger partial charge in [0.25, 0.3) is 0 Å². The van der Waals surface area contributed by atoms with Gasteiger partial charge < -0.3 is 4.57 Å². The van der Waals surface area contributed by atoms with Crippen molar-refractivity contribution in [1.82, 2.24) is 9.55 Å². The lowest BCUT2D eigenvalue weighted by Gasteiger charge is -2.32. The number of para-hydroxylation sites is 1. The van der Waals surface area contributed by atoms with E-state index in [1.165, 1.54) is 99.3 Å². The Hall–Kier alpha value is -7.81. The van der Waals surface area contributed by atoms with Crippen molar-refractivity contribution in [2.75, 3.05) is 0 Å². The second kappa shape index (κ2) is 12.4. The van der Waals surface area contributed by atoms with Gasteiger partial charge in [0, 0.05) is 32.9 Å². The van der Waals surface area contributed by atoms with Crippen LogP contribution in [0.25, 0.3) is 94.2 Å². The highest BCUT2D eigenvalue weighted by Gasteiger charge is 2.53. The topological polar surface area (TPSA) is 17.8 Å². The number of rotatable bonds is 3. The second-order valence-corrected chi connectivity index (χ2v) is 18.2. The van der Waals surface area contributed by atoms with Gasteiger partial charge in [-0.25, -0.2) is 4.98 Å².